The Labute approximate surface area is 147 Å². The summed E-state index contributed by atoms with van der Waals surface area (Å²) in [5, 5.41) is 30.0. The second-order valence-electron chi connectivity index (χ2n) is 6.47. The number of aryl methyl sites for hydroxylation is 1. The fourth-order valence-corrected chi connectivity index (χ4v) is 3.29. The molecule has 142 valence electrons. The van der Waals surface area contributed by atoms with Crippen molar-refractivity contribution < 1.29 is 37.4 Å². The molecule has 1 aliphatic heterocycles. The number of rotatable bonds is 7. The van der Waals surface area contributed by atoms with Crippen molar-refractivity contribution in [2.45, 2.75) is 55.9 Å². The van der Waals surface area contributed by atoms with Gasteiger partial charge in [0.15, 0.2) is 5.79 Å². The number of aliphatic hydroxyl groups is 3. The summed E-state index contributed by atoms with van der Waals surface area (Å²) in [6, 6.07) is 6.00. The molecule has 4 atom stereocenters. The number of aliphatic hydroxyl groups excluding tert-OH is 3. The molecule has 0 aliphatic carbocycles. The maximum absolute atomic E-state index is 12.1. The van der Waals surface area contributed by atoms with Crippen molar-refractivity contribution >= 4 is 10.1 Å². The minimum Gasteiger partial charge on any atom is -0.388 e. The van der Waals surface area contributed by atoms with Crippen LogP contribution in [0, 0.1) is 6.92 Å². The maximum atomic E-state index is 12.1. The fraction of sp³-hybridized carbons (Fsp3) is 0.625. The topological polar surface area (TPSA) is 123 Å². The zero-order valence-corrected chi connectivity index (χ0v) is 15.1. The number of hydrogen-bond donors (Lipinski definition) is 3. The van der Waals surface area contributed by atoms with E-state index in [0.717, 1.165) is 5.56 Å². The standard InChI is InChI=1S/C16H24O8S/c1-10-4-6-11(7-5-10)25(20,21)23-8-12(17)14(18)15(19)13-9-22-16(2,3)24-13/h4-7,12-15,17-19H,8-9H2,1-3H3/t12-,13-,14-,15-/m1/s1. The van der Waals surface area contributed by atoms with E-state index in [-0.39, 0.29) is 11.5 Å². The molecule has 25 heavy (non-hydrogen) atoms. The van der Waals surface area contributed by atoms with Gasteiger partial charge in [-0.25, -0.2) is 0 Å². The smallest absolute Gasteiger partial charge is 0.297 e. The molecule has 0 radical (unpaired) electrons. The van der Waals surface area contributed by atoms with Crippen LogP contribution in [0.15, 0.2) is 29.2 Å². The molecule has 9 heteroatoms. The first-order valence-electron chi connectivity index (χ1n) is 7.84. The first kappa shape index (κ1) is 20.2. The summed E-state index contributed by atoms with van der Waals surface area (Å²) in [7, 11) is -4.08. The van der Waals surface area contributed by atoms with Crippen LogP contribution in [0.2, 0.25) is 0 Å². The third kappa shape index (κ3) is 5.20. The average Bonchev–Trinajstić information content (AvgIpc) is 2.91. The lowest BCUT2D eigenvalue weighted by atomic mass is 10.0. The molecule has 0 saturated carbocycles. The average molecular weight is 376 g/mol. The van der Waals surface area contributed by atoms with Crippen molar-refractivity contribution in [2.75, 3.05) is 13.2 Å². The van der Waals surface area contributed by atoms with E-state index in [2.05, 4.69) is 0 Å². The Kier molecular flexibility index (Phi) is 6.21. The minimum absolute atomic E-state index is 0.0421. The lowest BCUT2D eigenvalue weighted by Gasteiger charge is -2.26. The largest absolute Gasteiger partial charge is 0.388 e. The maximum Gasteiger partial charge on any atom is 0.297 e. The second kappa shape index (κ2) is 7.67. The van der Waals surface area contributed by atoms with Gasteiger partial charge in [-0.15, -0.1) is 0 Å². The highest BCUT2D eigenvalue weighted by Crippen LogP contribution is 2.26. The molecule has 1 aromatic carbocycles. The summed E-state index contributed by atoms with van der Waals surface area (Å²) >= 11 is 0. The van der Waals surface area contributed by atoms with Crippen LogP contribution in [-0.2, 0) is 23.8 Å². The van der Waals surface area contributed by atoms with Gasteiger partial charge in [-0.2, -0.15) is 8.42 Å². The summed E-state index contributed by atoms with van der Waals surface area (Å²) in [5.74, 6) is -0.901. The molecule has 0 unspecified atom stereocenters. The van der Waals surface area contributed by atoms with E-state index < -0.39 is 46.9 Å². The fourth-order valence-electron chi connectivity index (χ4n) is 2.36. The summed E-state index contributed by atoms with van der Waals surface area (Å²) in [4.78, 5) is -0.0605. The minimum atomic E-state index is -4.08. The van der Waals surface area contributed by atoms with E-state index in [9.17, 15) is 23.7 Å². The summed E-state index contributed by atoms with van der Waals surface area (Å²) in [6.07, 6.45) is -5.57. The van der Waals surface area contributed by atoms with Gasteiger partial charge < -0.3 is 24.8 Å². The molecule has 3 N–H and O–H groups in total. The van der Waals surface area contributed by atoms with E-state index in [4.69, 9.17) is 13.7 Å². The van der Waals surface area contributed by atoms with Gasteiger partial charge in [0.1, 0.15) is 24.4 Å². The normalized spacial score (nSPS) is 24.0. The number of benzene rings is 1. The summed E-state index contributed by atoms with van der Waals surface area (Å²) < 4.78 is 39.6. The zero-order chi connectivity index (χ0) is 18.8. The summed E-state index contributed by atoms with van der Waals surface area (Å²) in [5.41, 5.74) is 0.888. The van der Waals surface area contributed by atoms with Crippen LogP contribution >= 0.6 is 0 Å². The monoisotopic (exact) mass is 376 g/mol. The first-order valence-corrected chi connectivity index (χ1v) is 9.25. The Hall–Kier alpha value is -1.07. The Bertz CT molecular complexity index is 670. The molecule has 1 aliphatic rings. The van der Waals surface area contributed by atoms with Crippen molar-refractivity contribution in [3.05, 3.63) is 29.8 Å². The van der Waals surface area contributed by atoms with Gasteiger partial charge in [0.05, 0.1) is 18.1 Å². The predicted octanol–water partition coefficient (Wildman–Crippen LogP) is -0.0655. The van der Waals surface area contributed by atoms with Gasteiger partial charge in [0.25, 0.3) is 10.1 Å². The molecule has 1 heterocycles. The van der Waals surface area contributed by atoms with Crippen molar-refractivity contribution in [2.24, 2.45) is 0 Å². The molecule has 1 saturated heterocycles. The van der Waals surface area contributed by atoms with Crippen molar-refractivity contribution in [1.29, 1.82) is 0 Å². The van der Waals surface area contributed by atoms with Gasteiger partial charge in [0.2, 0.25) is 0 Å². The van der Waals surface area contributed by atoms with E-state index in [1.807, 2.05) is 6.92 Å². The molecular formula is C16H24O8S. The van der Waals surface area contributed by atoms with Gasteiger partial charge >= 0.3 is 0 Å². The Morgan fingerprint density at radius 2 is 1.84 bits per heavy atom. The zero-order valence-electron chi connectivity index (χ0n) is 14.3. The molecule has 2 rings (SSSR count). The highest BCUT2D eigenvalue weighted by atomic mass is 32.2. The third-order valence-corrected chi connectivity index (χ3v) is 5.15. The van der Waals surface area contributed by atoms with Crippen LogP contribution in [0.25, 0.3) is 0 Å². The quantitative estimate of drug-likeness (QED) is 0.566. The van der Waals surface area contributed by atoms with Crippen LogP contribution < -0.4 is 0 Å². The van der Waals surface area contributed by atoms with Crippen molar-refractivity contribution in [3.63, 3.8) is 0 Å². The van der Waals surface area contributed by atoms with E-state index >= 15 is 0 Å². The van der Waals surface area contributed by atoms with Gasteiger partial charge in [-0.1, -0.05) is 17.7 Å². The number of hydrogen-bond acceptors (Lipinski definition) is 8. The predicted molar refractivity (Wildman–Crippen MR) is 87.2 cm³/mol. The van der Waals surface area contributed by atoms with Crippen molar-refractivity contribution in [1.82, 2.24) is 0 Å². The Morgan fingerprint density at radius 1 is 1.24 bits per heavy atom. The Morgan fingerprint density at radius 3 is 2.36 bits per heavy atom. The van der Waals surface area contributed by atoms with Crippen LogP contribution in [0.5, 0.6) is 0 Å². The van der Waals surface area contributed by atoms with Crippen LogP contribution in [0.1, 0.15) is 19.4 Å². The SMILES string of the molecule is Cc1ccc(S(=O)(=O)OC[C@@H](O)[C@@H](O)[C@H](O)[C@H]2COC(C)(C)O2)cc1. The van der Waals surface area contributed by atoms with Gasteiger partial charge in [-0.3, -0.25) is 4.18 Å². The highest BCUT2D eigenvalue weighted by molar-refractivity contribution is 7.86. The van der Waals surface area contributed by atoms with Gasteiger partial charge in [0, 0.05) is 0 Å². The second-order valence-corrected chi connectivity index (χ2v) is 8.08. The van der Waals surface area contributed by atoms with E-state index in [0.29, 0.717) is 0 Å². The molecule has 1 fully saturated rings. The van der Waals surface area contributed by atoms with Gasteiger partial charge in [-0.05, 0) is 32.9 Å². The number of ether oxygens (including phenoxy) is 2. The highest BCUT2D eigenvalue weighted by Gasteiger charge is 2.41. The summed E-state index contributed by atoms with van der Waals surface area (Å²) in [6.45, 7) is 4.46. The molecule has 8 nitrogen and oxygen atoms in total. The third-order valence-electron chi connectivity index (χ3n) is 3.86. The molecule has 0 aromatic heterocycles. The first-order chi connectivity index (χ1) is 11.5. The Balaban J connectivity index is 1.92. The van der Waals surface area contributed by atoms with E-state index in [1.165, 1.54) is 12.1 Å². The van der Waals surface area contributed by atoms with Crippen LogP contribution in [0.3, 0.4) is 0 Å². The van der Waals surface area contributed by atoms with Crippen LogP contribution in [0.4, 0.5) is 0 Å². The van der Waals surface area contributed by atoms with E-state index in [1.54, 1.807) is 26.0 Å². The molecule has 1 aromatic rings. The lowest BCUT2D eigenvalue weighted by Crippen LogP contribution is -2.47. The van der Waals surface area contributed by atoms with Crippen LogP contribution in [-0.4, -0.2) is 67.2 Å². The van der Waals surface area contributed by atoms with Crippen molar-refractivity contribution in [3.8, 4) is 0 Å². The lowest BCUT2D eigenvalue weighted by molar-refractivity contribution is -0.169. The molecule has 0 bridgehead atoms. The molecular weight excluding hydrogens is 352 g/mol. The molecule has 0 spiro atoms. The molecule has 0 amide bonds.